The van der Waals surface area contributed by atoms with Crippen molar-refractivity contribution in [1.82, 2.24) is 10.2 Å². The Morgan fingerprint density at radius 2 is 1.89 bits per heavy atom. The Morgan fingerprint density at radius 3 is 2.42 bits per heavy atom. The van der Waals surface area contributed by atoms with Gasteiger partial charge in [0.1, 0.15) is 5.54 Å². The maximum absolute atomic E-state index is 11.7. The molecular weight excluding hydrogens is 240 g/mol. The van der Waals surface area contributed by atoms with Gasteiger partial charge in [-0.1, -0.05) is 12.8 Å². The predicted molar refractivity (Wildman–Crippen MR) is 76.3 cm³/mol. The lowest BCUT2D eigenvalue weighted by atomic mass is 9.96. The van der Waals surface area contributed by atoms with E-state index in [1.54, 1.807) is 0 Å². The van der Waals surface area contributed by atoms with Crippen molar-refractivity contribution in [3.05, 3.63) is 0 Å². The first-order valence-corrected chi connectivity index (χ1v) is 7.67. The minimum atomic E-state index is -0.703. The molecule has 2 fully saturated rings. The summed E-state index contributed by atoms with van der Waals surface area (Å²) in [7, 11) is 2.19. The summed E-state index contributed by atoms with van der Waals surface area (Å²) in [6, 6.07) is 1.31. The molecule has 0 aliphatic heterocycles. The number of carboxylic acids is 1. The molecule has 0 bridgehead atoms. The van der Waals surface area contributed by atoms with Gasteiger partial charge in [0, 0.05) is 18.1 Å². The smallest absolute Gasteiger partial charge is 0.323 e. The van der Waals surface area contributed by atoms with Gasteiger partial charge >= 0.3 is 5.97 Å². The molecule has 0 aromatic carbocycles. The fourth-order valence-corrected chi connectivity index (χ4v) is 3.92. The summed E-state index contributed by atoms with van der Waals surface area (Å²) in [4.78, 5) is 14.1. The number of rotatable bonds is 5. The van der Waals surface area contributed by atoms with Gasteiger partial charge in [0.05, 0.1) is 0 Å². The minimum absolute atomic E-state index is 0.214. The molecule has 0 heterocycles. The van der Waals surface area contributed by atoms with E-state index >= 15 is 0 Å². The number of hydrogen-bond donors (Lipinski definition) is 2. The third-order valence-corrected chi connectivity index (χ3v) is 4.94. The summed E-state index contributed by atoms with van der Waals surface area (Å²) in [5, 5.41) is 12.9. The Bertz CT molecular complexity index is 326. The van der Waals surface area contributed by atoms with Gasteiger partial charge in [-0.2, -0.15) is 0 Å². The highest BCUT2D eigenvalue weighted by atomic mass is 16.4. The number of carbonyl (C=O) groups is 1. The van der Waals surface area contributed by atoms with Crippen LogP contribution in [0.2, 0.25) is 0 Å². The Balaban J connectivity index is 2.01. The molecule has 0 aromatic heterocycles. The maximum Gasteiger partial charge on any atom is 0.323 e. The van der Waals surface area contributed by atoms with Gasteiger partial charge in [-0.25, -0.2) is 0 Å². The van der Waals surface area contributed by atoms with E-state index in [9.17, 15) is 9.90 Å². The standard InChI is InChI=1S/C15H28N2O2/c1-11(2)16-15(14(18)19)9-8-13(10-15)17(3)12-6-4-5-7-12/h11-13,16H,4-10H2,1-3H3,(H,18,19). The van der Waals surface area contributed by atoms with Crippen molar-refractivity contribution in [2.45, 2.75) is 82.5 Å². The summed E-state index contributed by atoms with van der Waals surface area (Å²) in [5.41, 5.74) is -0.703. The van der Waals surface area contributed by atoms with Crippen LogP contribution in [0, 0.1) is 0 Å². The van der Waals surface area contributed by atoms with E-state index in [0.29, 0.717) is 12.1 Å². The molecule has 2 saturated carbocycles. The average molecular weight is 268 g/mol. The average Bonchev–Trinajstić information content (AvgIpc) is 2.96. The van der Waals surface area contributed by atoms with E-state index in [4.69, 9.17) is 0 Å². The molecule has 0 saturated heterocycles. The lowest BCUT2D eigenvalue weighted by Gasteiger charge is -2.33. The predicted octanol–water partition coefficient (Wildman–Crippen LogP) is 2.23. The molecule has 0 radical (unpaired) electrons. The van der Waals surface area contributed by atoms with Gasteiger partial charge < -0.3 is 10.0 Å². The van der Waals surface area contributed by atoms with E-state index in [1.165, 1.54) is 25.7 Å². The van der Waals surface area contributed by atoms with Crippen molar-refractivity contribution < 1.29 is 9.90 Å². The highest BCUT2D eigenvalue weighted by Gasteiger charge is 2.47. The van der Waals surface area contributed by atoms with Crippen LogP contribution in [0.25, 0.3) is 0 Å². The SMILES string of the molecule is CC(C)NC1(C(=O)O)CCC(N(C)C2CCCC2)C1. The second-order valence-corrected chi connectivity index (χ2v) is 6.69. The zero-order chi connectivity index (χ0) is 14.0. The summed E-state index contributed by atoms with van der Waals surface area (Å²) < 4.78 is 0. The quantitative estimate of drug-likeness (QED) is 0.803. The molecule has 0 spiro atoms. The number of carboxylic acid groups (broad SMARTS) is 1. The third kappa shape index (κ3) is 3.11. The van der Waals surface area contributed by atoms with Gasteiger partial charge in [-0.05, 0) is 53.0 Å². The van der Waals surface area contributed by atoms with Gasteiger partial charge in [-0.15, -0.1) is 0 Å². The Labute approximate surface area is 116 Å². The normalized spacial score (nSPS) is 32.6. The van der Waals surface area contributed by atoms with E-state index in [1.807, 2.05) is 13.8 Å². The molecule has 2 aliphatic rings. The molecule has 2 aliphatic carbocycles. The second-order valence-electron chi connectivity index (χ2n) is 6.69. The van der Waals surface area contributed by atoms with Crippen LogP contribution in [0.4, 0.5) is 0 Å². The van der Waals surface area contributed by atoms with Crippen LogP contribution in [-0.2, 0) is 4.79 Å². The van der Waals surface area contributed by atoms with Crippen LogP contribution in [0.15, 0.2) is 0 Å². The topological polar surface area (TPSA) is 52.6 Å². The zero-order valence-corrected chi connectivity index (χ0v) is 12.5. The van der Waals surface area contributed by atoms with Crippen molar-refractivity contribution >= 4 is 5.97 Å². The Kier molecular flexibility index (Phi) is 4.51. The van der Waals surface area contributed by atoms with Gasteiger partial charge in [0.25, 0.3) is 0 Å². The molecule has 2 unspecified atom stereocenters. The van der Waals surface area contributed by atoms with Crippen LogP contribution >= 0.6 is 0 Å². The third-order valence-electron chi connectivity index (χ3n) is 4.94. The van der Waals surface area contributed by atoms with E-state index in [-0.39, 0.29) is 6.04 Å². The number of aliphatic carboxylic acids is 1. The van der Waals surface area contributed by atoms with E-state index < -0.39 is 11.5 Å². The minimum Gasteiger partial charge on any atom is -0.480 e. The van der Waals surface area contributed by atoms with Crippen molar-refractivity contribution in [2.24, 2.45) is 0 Å². The second kappa shape index (κ2) is 5.80. The van der Waals surface area contributed by atoms with Crippen LogP contribution in [0.3, 0.4) is 0 Å². The van der Waals surface area contributed by atoms with E-state index in [2.05, 4.69) is 17.3 Å². The van der Waals surface area contributed by atoms with Crippen LogP contribution < -0.4 is 5.32 Å². The molecule has 2 rings (SSSR count). The van der Waals surface area contributed by atoms with Crippen LogP contribution in [0.5, 0.6) is 0 Å². The molecular formula is C15H28N2O2. The highest BCUT2D eigenvalue weighted by Crippen LogP contribution is 2.36. The lowest BCUT2D eigenvalue weighted by Crippen LogP contribution is -2.54. The molecule has 4 nitrogen and oxygen atoms in total. The molecule has 2 N–H and O–H groups in total. The molecule has 19 heavy (non-hydrogen) atoms. The molecule has 0 amide bonds. The Hall–Kier alpha value is -0.610. The molecule has 0 aromatic rings. The van der Waals surface area contributed by atoms with Gasteiger partial charge in [0.2, 0.25) is 0 Å². The molecule has 110 valence electrons. The van der Waals surface area contributed by atoms with Crippen molar-refractivity contribution in [1.29, 1.82) is 0 Å². The maximum atomic E-state index is 11.7. The van der Waals surface area contributed by atoms with Crippen molar-refractivity contribution in [2.75, 3.05) is 7.05 Å². The molecule has 4 heteroatoms. The first-order chi connectivity index (χ1) is 8.94. The summed E-state index contributed by atoms with van der Waals surface area (Å²) in [6.45, 7) is 4.05. The fraction of sp³-hybridized carbons (Fsp3) is 0.933. The number of nitrogens with one attached hydrogen (secondary N) is 1. The summed E-state index contributed by atoms with van der Waals surface area (Å²) in [6.07, 6.45) is 7.72. The van der Waals surface area contributed by atoms with Crippen molar-refractivity contribution in [3.8, 4) is 0 Å². The van der Waals surface area contributed by atoms with Gasteiger partial charge in [-0.3, -0.25) is 10.1 Å². The monoisotopic (exact) mass is 268 g/mol. The lowest BCUT2D eigenvalue weighted by molar-refractivity contribution is -0.145. The van der Waals surface area contributed by atoms with E-state index in [0.717, 1.165) is 19.3 Å². The summed E-state index contributed by atoms with van der Waals surface area (Å²) >= 11 is 0. The fourth-order valence-electron chi connectivity index (χ4n) is 3.92. The Morgan fingerprint density at radius 1 is 1.26 bits per heavy atom. The van der Waals surface area contributed by atoms with Gasteiger partial charge in [0.15, 0.2) is 0 Å². The first kappa shape index (κ1) is 14.8. The van der Waals surface area contributed by atoms with Crippen LogP contribution in [0.1, 0.15) is 58.8 Å². The zero-order valence-electron chi connectivity index (χ0n) is 12.5. The first-order valence-electron chi connectivity index (χ1n) is 7.67. The largest absolute Gasteiger partial charge is 0.480 e. The summed E-state index contributed by atoms with van der Waals surface area (Å²) in [5.74, 6) is -0.677. The number of nitrogens with zero attached hydrogens (tertiary/aromatic N) is 1. The van der Waals surface area contributed by atoms with Crippen LogP contribution in [-0.4, -0.2) is 46.7 Å². The molecule has 2 atom stereocenters. The van der Waals surface area contributed by atoms with Crippen molar-refractivity contribution in [3.63, 3.8) is 0 Å². The highest BCUT2D eigenvalue weighted by molar-refractivity contribution is 5.79. The number of hydrogen-bond acceptors (Lipinski definition) is 3.